The van der Waals surface area contributed by atoms with Crippen molar-refractivity contribution >= 4 is 17.7 Å². The largest absolute Gasteiger partial charge is 0.356 e. The summed E-state index contributed by atoms with van der Waals surface area (Å²) in [4.78, 5) is 35.0. The molecule has 0 aromatic heterocycles. The number of imide groups is 1. The van der Waals surface area contributed by atoms with Gasteiger partial charge in [-0.05, 0) is 12.8 Å². The molecule has 0 atom stereocenters. The van der Waals surface area contributed by atoms with Crippen LogP contribution in [-0.2, 0) is 14.4 Å². The van der Waals surface area contributed by atoms with Gasteiger partial charge in [-0.3, -0.25) is 19.3 Å². The summed E-state index contributed by atoms with van der Waals surface area (Å²) < 4.78 is 0. The molecule has 0 unspecified atom stereocenters. The van der Waals surface area contributed by atoms with Crippen molar-refractivity contribution in [3.05, 3.63) is 24.3 Å². The molecule has 0 aromatic carbocycles. The molecule has 1 aliphatic heterocycles. The van der Waals surface area contributed by atoms with Crippen LogP contribution in [0.5, 0.6) is 0 Å². The van der Waals surface area contributed by atoms with E-state index in [2.05, 4.69) is 11.9 Å². The van der Waals surface area contributed by atoms with Gasteiger partial charge in [-0.1, -0.05) is 19.1 Å². The van der Waals surface area contributed by atoms with Crippen molar-refractivity contribution in [3.63, 3.8) is 0 Å². The Kier molecular flexibility index (Phi) is 5.30. The molecule has 3 amide bonds. The third-order valence-electron chi connectivity index (χ3n) is 2.76. The summed E-state index contributed by atoms with van der Waals surface area (Å²) in [6, 6.07) is 0. The Bertz CT molecular complexity index is 381. The normalized spacial score (nSPS) is 14.2. The van der Waals surface area contributed by atoms with E-state index >= 15 is 0 Å². The number of carbonyl (C=O) groups is 3. The number of carbonyl (C=O) groups excluding carboxylic acids is 3. The fourth-order valence-corrected chi connectivity index (χ4v) is 1.51. The first-order valence-corrected chi connectivity index (χ1v) is 6.01. The lowest BCUT2D eigenvalue weighted by molar-refractivity contribution is -0.137. The molecule has 1 heterocycles. The second kappa shape index (κ2) is 6.74. The van der Waals surface area contributed by atoms with Crippen molar-refractivity contribution in [3.8, 4) is 0 Å². The summed E-state index contributed by atoms with van der Waals surface area (Å²) in [5, 5.41) is 2.73. The van der Waals surface area contributed by atoms with Gasteiger partial charge in [0.25, 0.3) is 11.8 Å². The maximum atomic E-state index is 11.5. The summed E-state index contributed by atoms with van der Waals surface area (Å²) in [6.07, 6.45) is 4.22. The number of hydrogen-bond acceptors (Lipinski definition) is 3. The van der Waals surface area contributed by atoms with Gasteiger partial charge in [0.05, 0.1) is 0 Å². The van der Waals surface area contributed by atoms with E-state index in [4.69, 9.17) is 0 Å². The van der Waals surface area contributed by atoms with Gasteiger partial charge < -0.3 is 5.32 Å². The zero-order chi connectivity index (χ0) is 13.5. The Hall–Kier alpha value is -1.91. The maximum absolute atomic E-state index is 11.5. The minimum atomic E-state index is -0.354. The third kappa shape index (κ3) is 4.16. The van der Waals surface area contributed by atoms with Gasteiger partial charge in [-0.25, -0.2) is 0 Å². The highest BCUT2D eigenvalue weighted by Crippen LogP contribution is 2.04. The van der Waals surface area contributed by atoms with Crippen molar-refractivity contribution in [1.82, 2.24) is 10.2 Å². The van der Waals surface area contributed by atoms with Crippen LogP contribution in [0.1, 0.15) is 26.2 Å². The van der Waals surface area contributed by atoms with Crippen LogP contribution in [0.2, 0.25) is 0 Å². The standard InChI is InChI=1S/C13H18N2O3/c1-3-10(2)6-8-14-11(16)7-9-15-12(17)4-5-13(15)18/h4-5H,2-3,6-9H2,1H3,(H,14,16). The summed E-state index contributed by atoms with van der Waals surface area (Å²) >= 11 is 0. The van der Waals surface area contributed by atoms with Crippen LogP contribution >= 0.6 is 0 Å². The molecule has 0 radical (unpaired) electrons. The monoisotopic (exact) mass is 250 g/mol. The first-order chi connectivity index (χ1) is 8.54. The lowest BCUT2D eigenvalue weighted by atomic mass is 10.2. The second-order valence-corrected chi connectivity index (χ2v) is 4.11. The first-order valence-electron chi connectivity index (χ1n) is 6.01. The van der Waals surface area contributed by atoms with Crippen molar-refractivity contribution in [2.45, 2.75) is 26.2 Å². The minimum absolute atomic E-state index is 0.130. The van der Waals surface area contributed by atoms with Gasteiger partial charge >= 0.3 is 0 Å². The molecule has 0 saturated heterocycles. The van der Waals surface area contributed by atoms with Crippen LogP contribution in [0.15, 0.2) is 24.3 Å². The van der Waals surface area contributed by atoms with Gasteiger partial charge in [-0.15, -0.1) is 0 Å². The van der Waals surface area contributed by atoms with Crippen LogP contribution < -0.4 is 5.32 Å². The van der Waals surface area contributed by atoms with E-state index in [1.807, 2.05) is 6.92 Å². The number of amides is 3. The number of rotatable bonds is 7. The topological polar surface area (TPSA) is 66.5 Å². The van der Waals surface area contributed by atoms with E-state index in [1.54, 1.807) is 0 Å². The van der Waals surface area contributed by atoms with Crippen LogP contribution in [-0.4, -0.2) is 35.7 Å². The molecule has 0 spiro atoms. The summed E-state index contributed by atoms with van der Waals surface area (Å²) in [5.74, 6) is -0.870. The number of nitrogens with one attached hydrogen (secondary N) is 1. The molecule has 0 saturated carbocycles. The molecule has 5 heteroatoms. The molecule has 1 rings (SSSR count). The Balaban J connectivity index is 2.19. The summed E-state index contributed by atoms with van der Waals surface area (Å²) in [7, 11) is 0. The van der Waals surface area contributed by atoms with Crippen LogP contribution in [0.4, 0.5) is 0 Å². The van der Waals surface area contributed by atoms with Crippen LogP contribution in [0, 0.1) is 0 Å². The van der Waals surface area contributed by atoms with Gasteiger partial charge in [0.2, 0.25) is 5.91 Å². The average molecular weight is 250 g/mol. The van der Waals surface area contributed by atoms with Crippen LogP contribution in [0.25, 0.3) is 0 Å². The maximum Gasteiger partial charge on any atom is 0.253 e. The van der Waals surface area contributed by atoms with E-state index in [0.717, 1.165) is 23.3 Å². The number of nitrogens with zero attached hydrogens (tertiary/aromatic N) is 1. The molecule has 5 nitrogen and oxygen atoms in total. The zero-order valence-electron chi connectivity index (χ0n) is 10.6. The second-order valence-electron chi connectivity index (χ2n) is 4.11. The van der Waals surface area contributed by atoms with Crippen molar-refractivity contribution in [2.24, 2.45) is 0 Å². The summed E-state index contributed by atoms with van der Waals surface area (Å²) in [5.41, 5.74) is 1.09. The van der Waals surface area contributed by atoms with Gasteiger partial charge in [-0.2, -0.15) is 0 Å². The third-order valence-corrected chi connectivity index (χ3v) is 2.76. The highest BCUT2D eigenvalue weighted by atomic mass is 16.2. The Morgan fingerprint density at radius 2 is 1.89 bits per heavy atom. The van der Waals surface area contributed by atoms with E-state index in [0.29, 0.717) is 6.54 Å². The zero-order valence-corrected chi connectivity index (χ0v) is 10.6. The van der Waals surface area contributed by atoms with Gasteiger partial charge in [0.15, 0.2) is 0 Å². The van der Waals surface area contributed by atoms with E-state index in [-0.39, 0.29) is 30.7 Å². The lowest BCUT2D eigenvalue weighted by Gasteiger charge is -2.13. The SMILES string of the molecule is C=C(CC)CCNC(=O)CCN1C(=O)C=CC1=O. The average Bonchev–Trinajstić information content (AvgIpc) is 2.66. The Morgan fingerprint density at radius 1 is 1.28 bits per heavy atom. The highest BCUT2D eigenvalue weighted by Gasteiger charge is 2.23. The van der Waals surface area contributed by atoms with E-state index < -0.39 is 0 Å². The molecular formula is C13H18N2O3. The van der Waals surface area contributed by atoms with Gasteiger partial charge in [0.1, 0.15) is 0 Å². The van der Waals surface area contributed by atoms with Crippen molar-refractivity contribution < 1.29 is 14.4 Å². The van der Waals surface area contributed by atoms with Crippen LogP contribution in [0.3, 0.4) is 0 Å². The lowest BCUT2D eigenvalue weighted by Crippen LogP contribution is -2.35. The molecule has 1 aliphatic rings. The highest BCUT2D eigenvalue weighted by molar-refractivity contribution is 6.13. The quantitative estimate of drug-likeness (QED) is 0.536. The molecule has 1 N–H and O–H groups in total. The van der Waals surface area contributed by atoms with Crippen molar-refractivity contribution in [1.29, 1.82) is 0 Å². The molecule has 0 fully saturated rings. The molecule has 0 aliphatic carbocycles. The fraction of sp³-hybridized carbons (Fsp3) is 0.462. The minimum Gasteiger partial charge on any atom is -0.356 e. The predicted octanol–water partition coefficient (Wildman–Crippen LogP) is 0.774. The molecular weight excluding hydrogens is 232 g/mol. The van der Waals surface area contributed by atoms with Crippen molar-refractivity contribution in [2.75, 3.05) is 13.1 Å². The molecule has 0 aromatic rings. The number of hydrogen-bond donors (Lipinski definition) is 1. The Labute approximate surface area is 107 Å². The fourth-order valence-electron chi connectivity index (χ4n) is 1.51. The molecule has 0 bridgehead atoms. The summed E-state index contributed by atoms with van der Waals surface area (Å²) in [6.45, 7) is 6.53. The van der Waals surface area contributed by atoms with E-state index in [9.17, 15) is 14.4 Å². The van der Waals surface area contributed by atoms with E-state index in [1.165, 1.54) is 12.2 Å². The Morgan fingerprint density at radius 3 is 2.44 bits per heavy atom. The molecule has 98 valence electrons. The van der Waals surface area contributed by atoms with Gasteiger partial charge in [0, 0.05) is 31.7 Å². The first kappa shape index (κ1) is 14.2. The predicted molar refractivity (Wildman–Crippen MR) is 67.5 cm³/mol. The smallest absolute Gasteiger partial charge is 0.253 e. The molecule has 18 heavy (non-hydrogen) atoms.